The molecule has 1 spiro atoms. The van der Waals surface area contributed by atoms with Gasteiger partial charge in [0.25, 0.3) is 0 Å². The van der Waals surface area contributed by atoms with Crippen LogP contribution in [0.4, 0.5) is 11.4 Å². The van der Waals surface area contributed by atoms with Crippen molar-refractivity contribution in [2.24, 2.45) is 5.92 Å². The van der Waals surface area contributed by atoms with Gasteiger partial charge in [-0.25, -0.2) is 0 Å². The Labute approximate surface area is 253 Å². The highest BCUT2D eigenvalue weighted by atomic mass is 35.5. The summed E-state index contributed by atoms with van der Waals surface area (Å²) in [6, 6.07) is 25.1. The van der Waals surface area contributed by atoms with Gasteiger partial charge in [-0.15, -0.1) is 0 Å². The van der Waals surface area contributed by atoms with Crippen molar-refractivity contribution < 1.29 is 23.9 Å². The number of benzene rings is 4. The summed E-state index contributed by atoms with van der Waals surface area (Å²) in [6.07, 6.45) is 3.90. The van der Waals surface area contributed by atoms with Crippen molar-refractivity contribution in [1.82, 2.24) is 0 Å². The van der Waals surface area contributed by atoms with E-state index in [2.05, 4.69) is 5.32 Å². The van der Waals surface area contributed by atoms with Crippen LogP contribution in [-0.4, -0.2) is 43.8 Å². The number of methoxy groups -OCH3 is 2. The quantitative estimate of drug-likeness (QED) is 0.269. The second-order valence-electron chi connectivity index (χ2n) is 10.8. The van der Waals surface area contributed by atoms with Crippen molar-refractivity contribution in [3.8, 4) is 11.5 Å². The number of hydrogen-bond acceptors (Lipinski definition) is 6. The summed E-state index contributed by atoms with van der Waals surface area (Å²) in [5, 5.41) is 3.31. The number of hydrogen-bond donors (Lipinski definition) is 1. The third-order valence-electron chi connectivity index (χ3n) is 8.90. The first-order valence-electron chi connectivity index (χ1n) is 13.9. The van der Waals surface area contributed by atoms with E-state index in [9.17, 15) is 9.59 Å². The molecule has 1 N–H and O–H groups in total. The highest BCUT2D eigenvalue weighted by Gasteiger charge is 2.70. The number of para-hydroxylation sites is 2. The molecule has 4 atom stereocenters. The fourth-order valence-electron chi connectivity index (χ4n) is 7.11. The third kappa shape index (κ3) is 3.78. The lowest BCUT2D eigenvalue weighted by Gasteiger charge is -2.37. The minimum Gasteiger partial charge on any atom is -0.497 e. The molecular weight excluding hydrogens is 564 g/mol. The largest absolute Gasteiger partial charge is 0.497 e. The molecule has 43 heavy (non-hydrogen) atoms. The van der Waals surface area contributed by atoms with E-state index >= 15 is 4.79 Å². The van der Waals surface area contributed by atoms with Crippen molar-refractivity contribution in [3.63, 3.8) is 0 Å². The standard InChI is InChI=1S/C35H27ClN2O5/c1-42-21-16-17-28(43-2)23(19-21)32(39)30-31(33(40)22-10-4-6-12-25(22)36)38-27-14-8-3-9-20(27)15-18-29(38)35(30)24-11-5-7-13-26(24)37-34(35)41/h3-19,29-31H,1-2H3,(H,37,41)/t29-,30+,31-,35+/m1/s1. The first-order chi connectivity index (χ1) is 20.9. The number of rotatable bonds is 6. The summed E-state index contributed by atoms with van der Waals surface area (Å²) in [7, 11) is 2.99. The number of ether oxygens (including phenoxy) is 2. The van der Waals surface area contributed by atoms with Gasteiger partial charge in [0.2, 0.25) is 5.91 Å². The minimum atomic E-state index is -1.45. The van der Waals surface area contributed by atoms with E-state index in [4.69, 9.17) is 21.1 Å². The zero-order chi connectivity index (χ0) is 29.9. The molecule has 3 aliphatic rings. The van der Waals surface area contributed by atoms with Crippen LogP contribution in [0.25, 0.3) is 6.08 Å². The molecule has 4 aromatic carbocycles. The molecule has 0 aliphatic carbocycles. The van der Waals surface area contributed by atoms with E-state index < -0.39 is 29.2 Å². The molecule has 8 heteroatoms. The molecule has 7 rings (SSSR count). The normalized spacial score (nSPS) is 22.9. The van der Waals surface area contributed by atoms with Gasteiger partial charge in [0.1, 0.15) is 23.0 Å². The summed E-state index contributed by atoms with van der Waals surface area (Å²) in [4.78, 5) is 46.4. The van der Waals surface area contributed by atoms with Gasteiger partial charge in [-0.2, -0.15) is 0 Å². The molecule has 3 heterocycles. The lowest BCUT2D eigenvalue weighted by Crippen LogP contribution is -2.51. The molecule has 1 amide bonds. The van der Waals surface area contributed by atoms with Crippen molar-refractivity contribution in [2.45, 2.75) is 17.5 Å². The second kappa shape index (κ2) is 10.1. The van der Waals surface area contributed by atoms with Crippen LogP contribution in [0.3, 0.4) is 0 Å². The number of anilines is 2. The van der Waals surface area contributed by atoms with Crippen LogP contribution in [0.2, 0.25) is 5.02 Å². The van der Waals surface area contributed by atoms with Gasteiger partial charge in [0.15, 0.2) is 11.6 Å². The molecule has 4 aromatic rings. The average Bonchev–Trinajstić information content (AvgIpc) is 3.52. The summed E-state index contributed by atoms with van der Waals surface area (Å²) in [5.74, 6) is -1.51. The number of carbonyl (C=O) groups excluding carboxylic acids is 3. The first kappa shape index (κ1) is 27.0. The smallest absolute Gasteiger partial charge is 0.238 e. The SMILES string of the molecule is COc1ccc(OC)c(C(=O)[C@@H]2[C@H](C(=O)c3ccccc3Cl)N3c4ccccc4C=C[C@@H]3[C@]23C(=O)Nc2ccccc23)c1. The molecule has 214 valence electrons. The molecule has 0 aromatic heterocycles. The van der Waals surface area contributed by atoms with Gasteiger partial charge >= 0.3 is 0 Å². The van der Waals surface area contributed by atoms with Gasteiger partial charge in [0.05, 0.1) is 36.8 Å². The molecule has 7 nitrogen and oxygen atoms in total. The van der Waals surface area contributed by atoms with E-state index in [0.29, 0.717) is 22.7 Å². The number of ketones is 2. The second-order valence-corrected chi connectivity index (χ2v) is 11.2. The lowest BCUT2D eigenvalue weighted by atomic mass is 9.64. The van der Waals surface area contributed by atoms with Crippen LogP contribution in [0, 0.1) is 5.92 Å². The van der Waals surface area contributed by atoms with E-state index in [1.165, 1.54) is 14.2 Å². The number of carbonyl (C=O) groups is 3. The molecule has 0 unspecified atom stereocenters. The van der Waals surface area contributed by atoms with Crippen molar-refractivity contribution >= 4 is 46.5 Å². The Hall–Kier alpha value is -4.88. The maximum atomic E-state index is 15.1. The molecule has 0 saturated carbocycles. The lowest BCUT2D eigenvalue weighted by molar-refractivity contribution is -0.121. The highest BCUT2D eigenvalue weighted by molar-refractivity contribution is 6.34. The maximum absolute atomic E-state index is 15.1. The summed E-state index contributed by atoms with van der Waals surface area (Å²) >= 11 is 6.61. The van der Waals surface area contributed by atoms with Crippen LogP contribution in [0.1, 0.15) is 31.8 Å². The van der Waals surface area contributed by atoms with Crippen molar-refractivity contribution in [1.29, 1.82) is 0 Å². The highest BCUT2D eigenvalue weighted by Crippen LogP contribution is 2.58. The molecular formula is C35H27ClN2O5. The number of nitrogens with zero attached hydrogens (tertiary/aromatic N) is 1. The fraction of sp³-hybridized carbons (Fsp3) is 0.171. The number of amides is 1. The molecule has 0 bridgehead atoms. The molecule has 3 aliphatic heterocycles. The monoisotopic (exact) mass is 590 g/mol. The summed E-state index contributed by atoms with van der Waals surface area (Å²) < 4.78 is 11.1. The Bertz CT molecular complexity index is 1850. The topological polar surface area (TPSA) is 84.9 Å². The zero-order valence-electron chi connectivity index (χ0n) is 23.4. The number of fused-ring (bicyclic) bond motifs is 6. The van der Waals surface area contributed by atoms with E-state index in [1.54, 1.807) is 42.5 Å². The third-order valence-corrected chi connectivity index (χ3v) is 9.23. The average molecular weight is 591 g/mol. The van der Waals surface area contributed by atoms with Gasteiger partial charge in [-0.3, -0.25) is 14.4 Å². The molecule has 1 fully saturated rings. The zero-order valence-corrected chi connectivity index (χ0v) is 24.2. The number of Topliss-reactive ketones (excluding diaryl/α,β-unsaturated/α-hetero) is 2. The van der Waals surface area contributed by atoms with Crippen LogP contribution < -0.4 is 19.7 Å². The Morgan fingerprint density at radius 3 is 2.40 bits per heavy atom. The van der Waals surface area contributed by atoms with Gasteiger partial charge in [0, 0.05) is 16.9 Å². The first-order valence-corrected chi connectivity index (χ1v) is 14.3. The predicted octanol–water partition coefficient (Wildman–Crippen LogP) is 6.21. The van der Waals surface area contributed by atoms with E-state index in [0.717, 1.165) is 11.3 Å². The fourth-order valence-corrected chi connectivity index (χ4v) is 7.34. The Kier molecular flexibility index (Phi) is 6.36. The van der Waals surface area contributed by atoms with Gasteiger partial charge in [-0.05, 0) is 53.6 Å². The Balaban J connectivity index is 1.56. The summed E-state index contributed by atoms with van der Waals surface area (Å²) in [6.45, 7) is 0. The Morgan fingerprint density at radius 1 is 0.860 bits per heavy atom. The Morgan fingerprint density at radius 2 is 1.60 bits per heavy atom. The number of nitrogens with one attached hydrogen (secondary N) is 1. The van der Waals surface area contributed by atoms with Crippen LogP contribution in [0.15, 0.2) is 97.1 Å². The van der Waals surface area contributed by atoms with E-state index in [-0.39, 0.29) is 27.8 Å². The van der Waals surface area contributed by atoms with Crippen molar-refractivity contribution in [2.75, 3.05) is 24.4 Å². The van der Waals surface area contributed by atoms with Crippen LogP contribution >= 0.6 is 11.6 Å². The van der Waals surface area contributed by atoms with Crippen molar-refractivity contribution in [3.05, 3.63) is 124 Å². The van der Waals surface area contributed by atoms with Gasteiger partial charge < -0.3 is 19.7 Å². The molecule has 0 radical (unpaired) electrons. The number of halogens is 1. The van der Waals surface area contributed by atoms with E-state index in [1.807, 2.05) is 65.6 Å². The minimum absolute atomic E-state index is 0.220. The maximum Gasteiger partial charge on any atom is 0.238 e. The summed E-state index contributed by atoms with van der Waals surface area (Å²) in [5.41, 5.74) is 1.95. The predicted molar refractivity (Wildman–Crippen MR) is 165 cm³/mol. The van der Waals surface area contributed by atoms with Gasteiger partial charge in [-0.1, -0.05) is 72.3 Å². The van der Waals surface area contributed by atoms with Crippen LogP contribution in [-0.2, 0) is 10.2 Å². The van der Waals surface area contributed by atoms with Crippen LogP contribution in [0.5, 0.6) is 11.5 Å². The molecule has 1 saturated heterocycles.